The summed E-state index contributed by atoms with van der Waals surface area (Å²) in [6.45, 7) is 6.11. The molecule has 3 heteroatoms. The Morgan fingerprint density at radius 2 is 1.50 bits per heavy atom. The third-order valence-corrected chi connectivity index (χ3v) is 3.26. The normalized spacial score (nSPS) is 11.3. The second kappa shape index (κ2) is 5.00. The third kappa shape index (κ3) is 2.67. The summed E-state index contributed by atoms with van der Waals surface area (Å²) in [5.74, 6) is -0.545. The molecule has 0 spiro atoms. The Morgan fingerprint density at radius 1 is 0.900 bits per heavy atom. The number of ketones is 1. The Hall–Kier alpha value is -2.29. The molecule has 2 N–H and O–H groups in total. The lowest BCUT2D eigenvalue weighted by molar-refractivity contribution is 0.103. The summed E-state index contributed by atoms with van der Waals surface area (Å²) in [4.78, 5) is 12.4. The highest BCUT2D eigenvalue weighted by Gasteiger charge is 2.20. The lowest BCUT2D eigenvalue weighted by Crippen LogP contribution is -2.12. The monoisotopic (exact) mass is 270 g/mol. The fourth-order valence-corrected chi connectivity index (χ4v) is 2.00. The lowest BCUT2D eigenvalue weighted by Gasteiger charge is -2.20. The van der Waals surface area contributed by atoms with Crippen molar-refractivity contribution in [3.63, 3.8) is 0 Å². The van der Waals surface area contributed by atoms with Crippen molar-refractivity contribution >= 4 is 5.78 Å². The Labute approximate surface area is 118 Å². The maximum atomic E-state index is 12.4. The van der Waals surface area contributed by atoms with Gasteiger partial charge in [-0.1, -0.05) is 39.0 Å². The van der Waals surface area contributed by atoms with E-state index in [-0.39, 0.29) is 33.8 Å². The van der Waals surface area contributed by atoms with E-state index in [1.807, 2.05) is 20.8 Å². The van der Waals surface area contributed by atoms with Crippen LogP contribution in [0, 0.1) is 0 Å². The molecule has 0 atom stereocenters. The maximum Gasteiger partial charge on any atom is 0.200 e. The van der Waals surface area contributed by atoms with Crippen molar-refractivity contribution in [1.82, 2.24) is 0 Å². The van der Waals surface area contributed by atoms with Crippen molar-refractivity contribution in [3.05, 3.63) is 59.2 Å². The maximum absolute atomic E-state index is 12.4. The number of hydrogen-bond donors (Lipinski definition) is 2. The first kappa shape index (κ1) is 14.1. The molecule has 0 saturated carbocycles. The van der Waals surface area contributed by atoms with Crippen molar-refractivity contribution in [2.75, 3.05) is 0 Å². The molecule has 0 saturated heterocycles. The van der Waals surface area contributed by atoms with E-state index in [9.17, 15) is 15.0 Å². The SMILES string of the molecule is CC(C)(C)c1ccc(O)c(C(=O)c2ccccc2O)c1. The van der Waals surface area contributed by atoms with E-state index in [1.165, 1.54) is 12.1 Å². The Kier molecular flexibility index (Phi) is 3.53. The summed E-state index contributed by atoms with van der Waals surface area (Å²) in [6.07, 6.45) is 0. The van der Waals surface area contributed by atoms with Crippen LogP contribution in [0.25, 0.3) is 0 Å². The van der Waals surface area contributed by atoms with Gasteiger partial charge in [0.05, 0.1) is 11.1 Å². The zero-order chi connectivity index (χ0) is 14.9. The molecule has 0 bridgehead atoms. The number of rotatable bonds is 2. The van der Waals surface area contributed by atoms with Gasteiger partial charge in [0.15, 0.2) is 5.78 Å². The Balaban J connectivity index is 2.53. The van der Waals surface area contributed by atoms with E-state index in [0.29, 0.717) is 0 Å². The van der Waals surface area contributed by atoms with Gasteiger partial charge < -0.3 is 10.2 Å². The van der Waals surface area contributed by atoms with E-state index in [1.54, 1.807) is 30.3 Å². The van der Waals surface area contributed by atoms with Crippen LogP contribution >= 0.6 is 0 Å². The summed E-state index contributed by atoms with van der Waals surface area (Å²) in [7, 11) is 0. The average Bonchev–Trinajstić information content (AvgIpc) is 2.37. The first-order valence-electron chi connectivity index (χ1n) is 6.47. The van der Waals surface area contributed by atoms with Crippen LogP contribution in [0.1, 0.15) is 42.3 Å². The predicted molar refractivity (Wildman–Crippen MR) is 78.3 cm³/mol. The number of carbonyl (C=O) groups is 1. The van der Waals surface area contributed by atoms with Crippen LogP contribution in [0.2, 0.25) is 0 Å². The van der Waals surface area contributed by atoms with Crippen LogP contribution in [-0.4, -0.2) is 16.0 Å². The zero-order valence-electron chi connectivity index (χ0n) is 11.8. The summed E-state index contributed by atoms with van der Waals surface area (Å²) < 4.78 is 0. The standard InChI is InChI=1S/C17H18O3/c1-17(2,3)11-8-9-15(19)13(10-11)16(20)12-6-4-5-7-14(12)18/h4-10,18-19H,1-3H3. The number of hydrogen-bond acceptors (Lipinski definition) is 3. The smallest absolute Gasteiger partial charge is 0.200 e. The largest absolute Gasteiger partial charge is 0.507 e. The molecule has 104 valence electrons. The van der Waals surface area contributed by atoms with Gasteiger partial charge in [-0.15, -0.1) is 0 Å². The average molecular weight is 270 g/mol. The summed E-state index contributed by atoms with van der Waals surface area (Å²) >= 11 is 0. The number of para-hydroxylation sites is 1. The van der Waals surface area contributed by atoms with Crippen molar-refractivity contribution in [2.24, 2.45) is 0 Å². The van der Waals surface area contributed by atoms with Crippen LogP contribution in [0.4, 0.5) is 0 Å². The number of carbonyl (C=O) groups excluding carboxylic acids is 1. The van der Waals surface area contributed by atoms with Gasteiger partial charge in [-0.25, -0.2) is 0 Å². The van der Waals surface area contributed by atoms with Crippen LogP contribution in [0.5, 0.6) is 11.5 Å². The van der Waals surface area contributed by atoms with E-state index >= 15 is 0 Å². The fourth-order valence-electron chi connectivity index (χ4n) is 2.00. The van der Waals surface area contributed by atoms with Gasteiger partial charge in [0.1, 0.15) is 11.5 Å². The first-order valence-corrected chi connectivity index (χ1v) is 6.47. The highest BCUT2D eigenvalue weighted by molar-refractivity contribution is 6.12. The highest BCUT2D eigenvalue weighted by atomic mass is 16.3. The van der Waals surface area contributed by atoms with Gasteiger partial charge in [0.25, 0.3) is 0 Å². The zero-order valence-corrected chi connectivity index (χ0v) is 11.8. The molecule has 0 heterocycles. The second-order valence-electron chi connectivity index (χ2n) is 5.83. The minimum Gasteiger partial charge on any atom is -0.507 e. The molecule has 2 aromatic carbocycles. The van der Waals surface area contributed by atoms with Crippen molar-refractivity contribution in [2.45, 2.75) is 26.2 Å². The summed E-state index contributed by atoms with van der Waals surface area (Å²) in [5.41, 5.74) is 1.23. The van der Waals surface area contributed by atoms with E-state index in [0.717, 1.165) is 5.56 Å². The molecule has 0 aliphatic rings. The number of phenols is 2. The predicted octanol–water partition coefficient (Wildman–Crippen LogP) is 3.63. The molecule has 0 aliphatic heterocycles. The third-order valence-electron chi connectivity index (χ3n) is 3.26. The quantitative estimate of drug-likeness (QED) is 0.819. The molecule has 0 radical (unpaired) electrons. The fraction of sp³-hybridized carbons (Fsp3) is 0.235. The van der Waals surface area contributed by atoms with Crippen molar-refractivity contribution < 1.29 is 15.0 Å². The van der Waals surface area contributed by atoms with Gasteiger partial charge in [-0.2, -0.15) is 0 Å². The topological polar surface area (TPSA) is 57.5 Å². The van der Waals surface area contributed by atoms with Crippen molar-refractivity contribution in [1.29, 1.82) is 0 Å². The lowest BCUT2D eigenvalue weighted by atomic mass is 9.85. The van der Waals surface area contributed by atoms with Crippen LogP contribution < -0.4 is 0 Å². The molecule has 2 rings (SSSR count). The molecule has 0 unspecified atom stereocenters. The highest BCUT2D eigenvalue weighted by Crippen LogP contribution is 2.30. The van der Waals surface area contributed by atoms with Gasteiger partial charge >= 0.3 is 0 Å². The van der Waals surface area contributed by atoms with Gasteiger partial charge in [0.2, 0.25) is 0 Å². The summed E-state index contributed by atoms with van der Waals surface area (Å²) in [5, 5.41) is 19.7. The molecule has 0 amide bonds. The molecule has 0 aromatic heterocycles. The van der Waals surface area contributed by atoms with E-state index < -0.39 is 0 Å². The van der Waals surface area contributed by atoms with Crippen LogP contribution in [0.3, 0.4) is 0 Å². The number of benzene rings is 2. The van der Waals surface area contributed by atoms with Gasteiger partial charge in [-0.3, -0.25) is 4.79 Å². The van der Waals surface area contributed by atoms with Gasteiger partial charge in [-0.05, 0) is 35.2 Å². The van der Waals surface area contributed by atoms with E-state index in [4.69, 9.17) is 0 Å². The van der Waals surface area contributed by atoms with E-state index in [2.05, 4.69) is 0 Å². The minimum absolute atomic E-state index is 0.0775. The minimum atomic E-state index is -0.383. The molecule has 20 heavy (non-hydrogen) atoms. The summed E-state index contributed by atoms with van der Waals surface area (Å²) in [6, 6.07) is 11.3. The first-order chi connectivity index (χ1) is 9.30. The molecular weight excluding hydrogens is 252 g/mol. The van der Waals surface area contributed by atoms with Gasteiger partial charge in [0, 0.05) is 0 Å². The van der Waals surface area contributed by atoms with Crippen LogP contribution in [-0.2, 0) is 5.41 Å². The Bertz CT molecular complexity index is 652. The number of aromatic hydroxyl groups is 2. The molecule has 0 fully saturated rings. The Morgan fingerprint density at radius 3 is 2.10 bits per heavy atom. The second-order valence-corrected chi connectivity index (χ2v) is 5.83. The molecule has 0 aliphatic carbocycles. The number of phenolic OH excluding ortho intramolecular Hbond substituents is 2. The molecular formula is C17H18O3. The molecule has 3 nitrogen and oxygen atoms in total. The van der Waals surface area contributed by atoms with Crippen LogP contribution in [0.15, 0.2) is 42.5 Å². The van der Waals surface area contributed by atoms with Crippen molar-refractivity contribution in [3.8, 4) is 11.5 Å². The molecule has 2 aromatic rings.